The van der Waals surface area contributed by atoms with E-state index in [0.717, 1.165) is 0 Å². The van der Waals surface area contributed by atoms with E-state index in [4.69, 9.17) is 0 Å². The number of nitrogens with zero attached hydrogens (tertiary/aromatic N) is 1. The molecule has 1 aliphatic heterocycles. The summed E-state index contributed by atoms with van der Waals surface area (Å²) in [6, 6.07) is 9.20. The van der Waals surface area contributed by atoms with Crippen molar-refractivity contribution in [3.63, 3.8) is 0 Å². The molecule has 0 bridgehead atoms. The molecule has 16 heavy (non-hydrogen) atoms. The summed E-state index contributed by atoms with van der Waals surface area (Å²) in [4.78, 5) is 2.62. The molecule has 1 unspecified atom stereocenters. The minimum absolute atomic E-state index is 0.260. The van der Waals surface area contributed by atoms with E-state index >= 15 is 0 Å². The Kier molecular flexibility index (Phi) is 3.41. The standard InChI is InChI=1S/C14H20BrN/c1-14(2,3)16-10-6-9-13(16)11-7-4-5-8-12(11)15/h4-5,7-8,13H,6,9-10H2,1-3H3. The van der Waals surface area contributed by atoms with Gasteiger partial charge < -0.3 is 0 Å². The van der Waals surface area contributed by atoms with Gasteiger partial charge in [-0.25, -0.2) is 0 Å². The fraction of sp³-hybridized carbons (Fsp3) is 0.571. The Labute approximate surface area is 107 Å². The van der Waals surface area contributed by atoms with E-state index in [2.05, 4.69) is 65.9 Å². The maximum atomic E-state index is 3.67. The molecule has 2 rings (SSSR count). The highest BCUT2D eigenvalue weighted by atomic mass is 79.9. The molecule has 0 N–H and O–H groups in total. The molecule has 1 nitrogen and oxygen atoms in total. The number of rotatable bonds is 1. The van der Waals surface area contributed by atoms with Gasteiger partial charge in [-0.2, -0.15) is 0 Å². The maximum Gasteiger partial charge on any atom is 0.0364 e. The second kappa shape index (κ2) is 4.50. The number of hydrogen-bond donors (Lipinski definition) is 0. The highest BCUT2D eigenvalue weighted by molar-refractivity contribution is 9.10. The second-order valence-corrected chi connectivity index (χ2v) is 6.40. The molecule has 0 aliphatic carbocycles. The van der Waals surface area contributed by atoms with Gasteiger partial charge in [0.25, 0.3) is 0 Å². The first kappa shape index (κ1) is 12.1. The molecule has 1 atom stereocenters. The molecular formula is C14H20BrN. The van der Waals surface area contributed by atoms with Gasteiger partial charge in [-0.1, -0.05) is 34.1 Å². The average molecular weight is 282 g/mol. The molecule has 0 aromatic heterocycles. The van der Waals surface area contributed by atoms with Crippen LogP contribution in [0.15, 0.2) is 28.7 Å². The van der Waals surface area contributed by atoms with Gasteiger partial charge in [0.15, 0.2) is 0 Å². The van der Waals surface area contributed by atoms with E-state index in [9.17, 15) is 0 Å². The minimum Gasteiger partial charge on any atom is -0.291 e. The van der Waals surface area contributed by atoms with E-state index in [-0.39, 0.29) is 5.54 Å². The third kappa shape index (κ3) is 2.33. The molecule has 1 heterocycles. The molecule has 1 saturated heterocycles. The van der Waals surface area contributed by atoms with Gasteiger partial charge in [0.1, 0.15) is 0 Å². The number of halogens is 1. The number of hydrogen-bond acceptors (Lipinski definition) is 1. The van der Waals surface area contributed by atoms with Crippen LogP contribution in [-0.2, 0) is 0 Å². The Hall–Kier alpha value is -0.340. The summed E-state index contributed by atoms with van der Waals surface area (Å²) in [5.74, 6) is 0. The van der Waals surface area contributed by atoms with Crippen LogP contribution in [0.1, 0.15) is 45.2 Å². The van der Waals surface area contributed by atoms with Crippen molar-refractivity contribution in [2.24, 2.45) is 0 Å². The largest absolute Gasteiger partial charge is 0.291 e. The molecule has 1 aromatic rings. The van der Waals surface area contributed by atoms with Gasteiger partial charge >= 0.3 is 0 Å². The first-order valence-electron chi connectivity index (χ1n) is 6.01. The van der Waals surface area contributed by atoms with Crippen LogP contribution < -0.4 is 0 Å². The molecule has 0 amide bonds. The maximum absolute atomic E-state index is 3.67. The first-order chi connectivity index (χ1) is 7.50. The third-order valence-electron chi connectivity index (χ3n) is 3.38. The lowest BCUT2D eigenvalue weighted by molar-refractivity contribution is 0.121. The van der Waals surface area contributed by atoms with Gasteiger partial charge in [0.2, 0.25) is 0 Å². The zero-order valence-corrected chi connectivity index (χ0v) is 11.9. The van der Waals surface area contributed by atoms with Crippen LogP contribution in [0.25, 0.3) is 0 Å². The van der Waals surface area contributed by atoms with Crippen molar-refractivity contribution in [3.8, 4) is 0 Å². The lowest BCUT2D eigenvalue weighted by Gasteiger charge is -2.37. The van der Waals surface area contributed by atoms with Crippen molar-refractivity contribution in [1.29, 1.82) is 0 Å². The zero-order chi connectivity index (χ0) is 11.8. The SMILES string of the molecule is CC(C)(C)N1CCCC1c1ccccc1Br. The van der Waals surface area contributed by atoms with Crippen molar-refractivity contribution < 1.29 is 0 Å². The number of likely N-dealkylation sites (tertiary alicyclic amines) is 1. The van der Waals surface area contributed by atoms with Crippen LogP contribution >= 0.6 is 15.9 Å². The van der Waals surface area contributed by atoms with Crippen molar-refractivity contribution in [2.45, 2.75) is 45.2 Å². The average Bonchev–Trinajstić information content (AvgIpc) is 2.66. The van der Waals surface area contributed by atoms with Crippen LogP contribution in [0.5, 0.6) is 0 Å². The normalized spacial score (nSPS) is 22.6. The van der Waals surface area contributed by atoms with Crippen molar-refractivity contribution in [1.82, 2.24) is 4.90 Å². The Morgan fingerprint density at radius 1 is 1.25 bits per heavy atom. The monoisotopic (exact) mass is 281 g/mol. The van der Waals surface area contributed by atoms with Crippen LogP contribution in [0.3, 0.4) is 0 Å². The predicted molar refractivity (Wildman–Crippen MR) is 72.6 cm³/mol. The van der Waals surface area contributed by atoms with Crippen molar-refractivity contribution in [3.05, 3.63) is 34.3 Å². The Morgan fingerprint density at radius 3 is 2.56 bits per heavy atom. The van der Waals surface area contributed by atoms with Crippen LogP contribution in [-0.4, -0.2) is 17.0 Å². The van der Waals surface area contributed by atoms with E-state index in [0.29, 0.717) is 6.04 Å². The minimum atomic E-state index is 0.260. The van der Waals surface area contributed by atoms with E-state index < -0.39 is 0 Å². The van der Waals surface area contributed by atoms with Crippen molar-refractivity contribution >= 4 is 15.9 Å². The highest BCUT2D eigenvalue weighted by Gasteiger charge is 2.34. The third-order valence-corrected chi connectivity index (χ3v) is 4.10. The molecule has 2 heteroatoms. The first-order valence-corrected chi connectivity index (χ1v) is 6.80. The van der Waals surface area contributed by atoms with E-state index in [1.165, 1.54) is 29.4 Å². The summed E-state index contributed by atoms with van der Waals surface area (Å²) in [6.45, 7) is 8.14. The molecule has 88 valence electrons. The van der Waals surface area contributed by atoms with Gasteiger partial charge in [-0.05, 0) is 51.8 Å². The molecular weight excluding hydrogens is 262 g/mol. The van der Waals surface area contributed by atoms with E-state index in [1.54, 1.807) is 0 Å². The fourth-order valence-electron chi connectivity index (χ4n) is 2.64. The zero-order valence-electron chi connectivity index (χ0n) is 10.3. The quantitative estimate of drug-likeness (QED) is 0.738. The molecule has 0 radical (unpaired) electrons. The topological polar surface area (TPSA) is 3.24 Å². The fourth-order valence-corrected chi connectivity index (χ4v) is 3.19. The number of benzene rings is 1. The van der Waals surface area contributed by atoms with Gasteiger partial charge in [0, 0.05) is 16.1 Å². The summed E-state index contributed by atoms with van der Waals surface area (Å²) in [5, 5.41) is 0. The van der Waals surface area contributed by atoms with Crippen LogP contribution in [0.2, 0.25) is 0 Å². The molecule has 1 fully saturated rings. The Balaban J connectivity index is 2.31. The lowest BCUT2D eigenvalue weighted by atomic mass is 9.99. The van der Waals surface area contributed by atoms with Gasteiger partial charge in [0.05, 0.1) is 0 Å². The highest BCUT2D eigenvalue weighted by Crippen LogP contribution is 2.39. The summed E-state index contributed by atoms with van der Waals surface area (Å²) in [7, 11) is 0. The predicted octanol–water partition coefficient (Wildman–Crippen LogP) is 4.38. The Bertz CT molecular complexity index is 367. The molecule has 1 aromatic carbocycles. The summed E-state index contributed by atoms with van der Waals surface area (Å²) < 4.78 is 1.25. The summed E-state index contributed by atoms with van der Waals surface area (Å²) in [6.07, 6.45) is 2.59. The molecule has 0 spiro atoms. The lowest BCUT2D eigenvalue weighted by Crippen LogP contribution is -2.40. The summed E-state index contributed by atoms with van der Waals surface area (Å²) >= 11 is 3.67. The summed E-state index contributed by atoms with van der Waals surface area (Å²) in [5.41, 5.74) is 1.70. The van der Waals surface area contributed by atoms with Gasteiger partial charge in [-0.3, -0.25) is 4.90 Å². The molecule has 0 saturated carbocycles. The van der Waals surface area contributed by atoms with Crippen LogP contribution in [0.4, 0.5) is 0 Å². The molecule has 1 aliphatic rings. The Morgan fingerprint density at radius 2 is 1.94 bits per heavy atom. The van der Waals surface area contributed by atoms with E-state index in [1.807, 2.05) is 0 Å². The smallest absolute Gasteiger partial charge is 0.0364 e. The van der Waals surface area contributed by atoms with Gasteiger partial charge in [-0.15, -0.1) is 0 Å². The van der Waals surface area contributed by atoms with Crippen LogP contribution in [0, 0.1) is 0 Å². The second-order valence-electron chi connectivity index (χ2n) is 5.54. The van der Waals surface area contributed by atoms with Crippen molar-refractivity contribution in [2.75, 3.05) is 6.54 Å².